The molecule has 1 aliphatic rings. The first-order valence-electron chi connectivity index (χ1n) is 13.9. The summed E-state index contributed by atoms with van der Waals surface area (Å²) in [5, 5.41) is 11.3. The topological polar surface area (TPSA) is 93.5 Å². The number of methoxy groups -OCH3 is 1. The third-order valence-electron chi connectivity index (χ3n) is 7.21. The second-order valence-corrected chi connectivity index (χ2v) is 9.65. The summed E-state index contributed by atoms with van der Waals surface area (Å²) < 4.78 is 12.9. The van der Waals surface area contributed by atoms with Crippen LogP contribution < -0.4 is 25.0 Å². The van der Waals surface area contributed by atoms with Gasteiger partial charge >= 0.3 is 0 Å². The lowest BCUT2D eigenvalue weighted by molar-refractivity contribution is -0.113. The average Bonchev–Trinajstić information content (AvgIpc) is 3.42. The number of ether oxygens (including phenoxy) is 2. The van der Waals surface area contributed by atoms with E-state index in [0.717, 1.165) is 35.7 Å². The Morgan fingerprint density at radius 2 is 1.71 bits per heavy atom. The molecular formula is C32H36N6O3. The molecule has 9 nitrogen and oxygen atoms in total. The molecule has 0 saturated heterocycles. The Balaban J connectivity index is 1.55. The fraction of sp³-hybridized carbons (Fsp3) is 0.281. The first-order chi connectivity index (χ1) is 20.0. The molecule has 5 rings (SSSR count). The van der Waals surface area contributed by atoms with Gasteiger partial charge < -0.3 is 25.0 Å². The van der Waals surface area contributed by atoms with Gasteiger partial charge in [0.1, 0.15) is 17.5 Å². The van der Waals surface area contributed by atoms with E-state index in [-0.39, 0.29) is 5.91 Å². The molecule has 9 heteroatoms. The summed E-state index contributed by atoms with van der Waals surface area (Å²) in [6.07, 6.45) is 0. The number of amides is 1. The Bertz CT molecular complexity index is 1540. The molecule has 1 aliphatic heterocycles. The van der Waals surface area contributed by atoms with E-state index in [1.165, 1.54) is 0 Å². The number of carbonyl (C=O) groups is 1. The molecule has 0 fully saturated rings. The number of hydrogen-bond donors (Lipinski definition) is 2. The zero-order chi connectivity index (χ0) is 28.9. The minimum atomic E-state index is -0.521. The average molecular weight is 553 g/mol. The second-order valence-electron chi connectivity index (χ2n) is 9.65. The van der Waals surface area contributed by atoms with E-state index >= 15 is 0 Å². The molecule has 4 aromatic rings. The number of para-hydroxylation sites is 2. The van der Waals surface area contributed by atoms with Gasteiger partial charge in [0.25, 0.3) is 5.91 Å². The quantitative estimate of drug-likeness (QED) is 0.245. The van der Waals surface area contributed by atoms with Gasteiger partial charge in [0, 0.05) is 30.0 Å². The predicted octanol–water partition coefficient (Wildman–Crippen LogP) is 6.13. The highest BCUT2D eigenvalue weighted by atomic mass is 16.5. The van der Waals surface area contributed by atoms with Gasteiger partial charge in [-0.1, -0.05) is 24.3 Å². The number of carbonyl (C=O) groups excluding carboxylic acids is 1. The number of nitrogens with zero attached hydrogens (tertiary/aromatic N) is 4. The monoisotopic (exact) mass is 552 g/mol. The summed E-state index contributed by atoms with van der Waals surface area (Å²) in [7, 11) is 1.58. The molecule has 212 valence electrons. The van der Waals surface area contributed by atoms with Gasteiger partial charge in [0.2, 0.25) is 5.95 Å². The van der Waals surface area contributed by atoms with Crippen molar-refractivity contribution >= 4 is 23.2 Å². The van der Waals surface area contributed by atoms with Crippen LogP contribution in [0.2, 0.25) is 0 Å². The molecule has 1 aromatic heterocycles. The van der Waals surface area contributed by atoms with Gasteiger partial charge in [-0.3, -0.25) is 4.79 Å². The Morgan fingerprint density at radius 1 is 1.00 bits per heavy atom. The Labute approximate surface area is 240 Å². The van der Waals surface area contributed by atoms with Crippen LogP contribution in [-0.4, -0.2) is 47.5 Å². The van der Waals surface area contributed by atoms with E-state index < -0.39 is 6.04 Å². The summed E-state index contributed by atoms with van der Waals surface area (Å²) in [5.41, 5.74) is 4.74. The molecule has 1 unspecified atom stereocenters. The number of fused-ring (bicyclic) bond motifs is 1. The van der Waals surface area contributed by atoms with E-state index in [1.807, 2.05) is 74.5 Å². The number of benzene rings is 3. The molecule has 3 aromatic carbocycles. The van der Waals surface area contributed by atoms with Crippen LogP contribution in [0.15, 0.2) is 84.1 Å². The van der Waals surface area contributed by atoms with Gasteiger partial charge in [-0.25, -0.2) is 4.68 Å². The second kappa shape index (κ2) is 12.2. The van der Waals surface area contributed by atoms with E-state index in [9.17, 15) is 4.79 Å². The number of rotatable bonds is 10. The highest BCUT2D eigenvalue weighted by molar-refractivity contribution is 6.06. The first kappa shape index (κ1) is 27.8. The predicted molar refractivity (Wildman–Crippen MR) is 163 cm³/mol. The maximum atomic E-state index is 13.9. The summed E-state index contributed by atoms with van der Waals surface area (Å²) >= 11 is 0. The minimum Gasteiger partial charge on any atom is -0.495 e. The smallest absolute Gasteiger partial charge is 0.255 e. The number of allylic oxidation sites excluding steroid dienone is 1. The normalized spacial score (nSPS) is 14.2. The largest absolute Gasteiger partial charge is 0.495 e. The third kappa shape index (κ3) is 5.61. The Kier molecular flexibility index (Phi) is 8.24. The molecule has 2 heterocycles. The molecule has 1 atom stereocenters. The first-order valence-corrected chi connectivity index (χ1v) is 13.9. The van der Waals surface area contributed by atoms with Crippen LogP contribution in [-0.2, 0) is 4.79 Å². The van der Waals surface area contributed by atoms with Crippen molar-refractivity contribution in [2.24, 2.45) is 0 Å². The van der Waals surface area contributed by atoms with Crippen LogP contribution in [0.3, 0.4) is 0 Å². The summed E-state index contributed by atoms with van der Waals surface area (Å²) in [5.74, 6) is 2.23. The fourth-order valence-corrected chi connectivity index (χ4v) is 5.14. The van der Waals surface area contributed by atoms with E-state index in [2.05, 4.69) is 41.5 Å². The molecule has 0 spiro atoms. The van der Waals surface area contributed by atoms with Crippen LogP contribution in [0.4, 0.5) is 17.3 Å². The number of nitrogens with one attached hydrogen (secondary N) is 2. The lowest BCUT2D eigenvalue weighted by Gasteiger charge is -2.29. The van der Waals surface area contributed by atoms with Crippen LogP contribution >= 0.6 is 0 Å². The highest BCUT2D eigenvalue weighted by Gasteiger charge is 2.35. The lowest BCUT2D eigenvalue weighted by atomic mass is 9.95. The highest BCUT2D eigenvalue weighted by Crippen LogP contribution is 2.38. The van der Waals surface area contributed by atoms with Gasteiger partial charge in [-0.05, 0) is 81.8 Å². The molecule has 0 saturated carbocycles. The maximum absolute atomic E-state index is 13.9. The van der Waals surface area contributed by atoms with Crippen molar-refractivity contribution in [1.29, 1.82) is 0 Å². The fourth-order valence-electron chi connectivity index (χ4n) is 5.14. The lowest BCUT2D eigenvalue weighted by Crippen LogP contribution is -2.31. The van der Waals surface area contributed by atoms with E-state index in [0.29, 0.717) is 41.1 Å². The number of aromatic nitrogens is 3. The summed E-state index contributed by atoms with van der Waals surface area (Å²) in [4.78, 5) is 21.0. The van der Waals surface area contributed by atoms with Gasteiger partial charge in [0.15, 0.2) is 5.82 Å². The number of hydrogen-bond acceptors (Lipinski definition) is 7. The van der Waals surface area contributed by atoms with Crippen LogP contribution in [0, 0.1) is 0 Å². The van der Waals surface area contributed by atoms with Crippen molar-refractivity contribution in [3.63, 3.8) is 0 Å². The SMILES string of the molecule is CCOc1ccc(C2C(C(=O)Nc3ccccc3OC)=C(C)Nc3nc(-c4ccc(N(CC)CC)cc4)nn32)cc1. The van der Waals surface area contributed by atoms with Gasteiger partial charge in [-0.2, -0.15) is 4.98 Å². The molecule has 2 N–H and O–H groups in total. The number of anilines is 3. The van der Waals surface area contributed by atoms with Crippen molar-refractivity contribution in [3.05, 3.63) is 89.6 Å². The molecule has 0 radical (unpaired) electrons. The minimum absolute atomic E-state index is 0.260. The van der Waals surface area contributed by atoms with Crippen LogP contribution in [0.1, 0.15) is 39.3 Å². The maximum Gasteiger partial charge on any atom is 0.255 e. The van der Waals surface area contributed by atoms with E-state index in [1.54, 1.807) is 11.8 Å². The molecule has 41 heavy (non-hydrogen) atoms. The summed E-state index contributed by atoms with van der Waals surface area (Å²) in [6, 6.07) is 22.8. The Morgan fingerprint density at radius 3 is 2.37 bits per heavy atom. The van der Waals surface area contributed by atoms with Crippen molar-refractivity contribution in [1.82, 2.24) is 14.8 Å². The molecule has 0 bridgehead atoms. The molecule has 0 aliphatic carbocycles. The standard InChI is InChI=1S/C32H36N6O3/c1-6-37(7-2)24-17-13-23(14-18-24)30-35-32-33-21(4)28(31(39)34-26-11-9-10-12-27(26)40-5)29(38(32)36-30)22-15-19-25(20-16-22)41-8-3/h9-20,29H,6-8H2,1-5H3,(H,34,39)(H,33,35,36). The van der Waals surface area contributed by atoms with Crippen molar-refractivity contribution < 1.29 is 14.3 Å². The van der Waals surface area contributed by atoms with Crippen molar-refractivity contribution in [3.8, 4) is 22.9 Å². The van der Waals surface area contributed by atoms with Gasteiger partial charge in [-0.15, -0.1) is 5.10 Å². The molecule has 1 amide bonds. The zero-order valence-corrected chi connectivity index (χ0v) is 24.1. The third-order valence-corrected chi connectivity index (χ3v) is 7.21. The van der Waals surface area contributed by atoms with E-state index in [4.69, 9.17) is 19.6 Å². The zero-order valence-electron chi connectivity index (χ0n) is 24.1. The van der Waals surface area contributed by atoms with Crippen LogP contribution in [0.5, 0.6) is 11.5 Å². The summed E-state index contributed by atoms with van der Waals surface area (Å²) in [6.45, 7) is 10.6. The van der Waals surface area contributed by atoms with Crippen molar-refractivity contribution in [2.45, 2.75) is 33.7 Å². The van der Waals surface area contributed by atoms with Gasteiger partial charge in [0.05, 0.1) is 25.0 Å². The molecular weight excluding hydrogens is 516 g/mol. The Hall–Kier alpha value is -4.79. The van der Waals surface area contributed by atoms with Crippen molar-refractivity contribution in [2.75, 3.05) is 42.3 Å². The van der Waals surface area contributed by atoms with Crippen LogP contribution in [0.25, 0.3) is 11.4 Å².